The van der Waals surface area contributed by atoms with Crippen molar-refractivity contribution in [3.05, 3.63) is 72.3 Å². The van der Waals surface area contributed by atoms with Crippen molar-refractivity contribution in [2.24, 2.45) is 0 Å². The highest BCUT2D eigenvalue weighted by Gasteiger charge is 2.14. The van der Waals surface area contributed by atoms with E-state index in [2.05, 4.69) is 54.7 Å². The number of anilines is 1. The van der Waals surface area contributed by atoms with E-state index >= 15 is 0 Å². The second-order valence-corrected chi connectivity index (χ2v) is 7.22. The van der Waals surface area contributed by atoms with Gasteiger partial charge in [-0.05, 0) is 53.9 Å². The molecule has 0 spiro atoms. The Bertz CT molecular complexity index is 842. The molecule has 0 radical (unpaired) electrons. The molecule has 3 heteroatoms. The molecule has 0 aliphatic carbocycles. The summed E-state index contributed by atoms with van der Waals surface area (Å²) in [4.78, 5) is 13.5. The van der Waals surface area contributed by atoms with E-state index in [-0.39, 0.29) is 11.2 Å². The van der Waals surface area contributed by atoms with Crippen LogP contribution in [0.4, 0.5) is 5.69 Å². The lowest BCUT2D eigenvalue weighted by atomic mass is 10.1. The van der Waals surface area contributed by atoms with Gasteiger partial charge in [0, 0.05) is 10.6 Å². The van der Waals surface area contributed by atoms with Crippen LogP contribution in [0.25, 0.3) is 10.8 Å². The molecule has 0 saturated carbocycles. The summed E-state index contributed by atoms with van der Waals surface area (Å²) >= 11 is 1.58. The maximum atomic E-state index is 12.4. The van der Waals surface area contributed by atoms with Gasteiger partial charge in [0.1, 0.15) is 0 Å². The van der Waals surface area contributed by atoms with Crippen molar-refractivity contribution in [2.75, 3.05) is 5.32 Å². The first-order chi connectivity index (χ1) is 11.7. The fraction of sp³-hybridized carbons (Fsp3) is 0.190. The summed E-state index contributed by atoms with van der Waals surface area (Å²) in [5.74, 6) is 0.0254. The van der Waals surface area contributed by atoms with Crippen LogP contribution in [-0.4, -0.2) is 11.2 Å². The summed E-state index contributed by atoms with van der Waals surface area (Å²) in [6.07, 6.45) is 1.00. The lowest BCUT2D eigenvalue weighted by Gasteiger charge is -2.13. The summed E-state index contributed by atoms with van der Waals surface area (Å²) in [6.45, 7) is 4.06. The van der Waals surface area contributed by atoms with Crippen molar-refractivity contribution < 1.29 is 4.79 Å². The molecular weight excluding hydrogens is 314 g/mol. The first-order valence-corrected chi connectivity index (χ1v) is 9.09. The number of aryl methyl sites for hydroxylation is 1. The first-order valence-electron chi connectivity index (χ1n) is 8.21. The van der Waals surface area contributed by atoms with Gasteiger partial charge in [-0.25, -0.2) is 0 Å². The van der Waals surface area contributed by atoms with Gasteiger partial charge in [-0.15, -0.1) is 11.8 Å². The van der Waals surface area contributed by atoms with E-state index in [4.69, 9.17) is 0 Å². The van der Waals surface area contributed by atoms with Gasteiger partial charge in [-0.3, -0.25) is 4.79 Å². The predicted octanol–water partition coefficient (Wildman–Crippen LogP) is 5.52. The number of fused-ring (bicyclic) bond motifs is 1. The maximum absolute atomic E-state index is 12.4. The van der Waals surface area contributed by atoms with Gasteiger partial charge in [0.15, 0.2) is 0 Å². The number of hydrogen-bond donors (Lipinski definition) is 1. The maximum Gasteiger partial charge on any atom is 0.237 e. The van der Waals surface area contributed by atoms with E-state index < -0.39 is 0 Å². The highest BCUT2D eigenvalue weighted by atomic mass is 32.2. The smallest absolute Gasteiger partial charge is 0.237 e. The lowest BCUT2D eigenvalue weighted by Crippen LogP contribution is -2.22. The summed E-state index contributed by atoms with van der Waals surface area (Å²) in [7, 11) is 0. The standard InChI is InChI=1S/C21H21NOS/c1-3-16-8-11-19(12-9-16)22-21(23)15(2)24-20-13-10-17-6-4-5-7-18(17)14-20/h4-15H,3H2,1-2H3,(H,22,23)/t15-/m0/s1. The number of nitrogens with one attached hydrogen (secondary N) is 1. The Morgan fingerprint density at radius 3 is 2.42 bits per heavy atom. The van der Waals surface area contributed by atoms with Crippen LogP contribution in [-0.2, 0) is 11.2 Å². The Balaban J connectivity index is 1.65. The molecular formula is C21H21NOS. The molecule has 3 aromatic carbocycles. The van der Waals surface area contributed by atoms with E-state index in [0.29, 0.717) is 0 Å². The Kier molecular flexibility index (Phi) is 5.21. The average molecular weight is 335 g/mol. The number of rotatable bonds is 5. The quantitative estimate of drug-likeness (QED) is 0.622. The normalized spacial score (nSPS) is 12.1. The number of carbonyl (C=O) groups excluding carboxylic acids is 1. The monoisotopic (exact) mass is 335 g/mol. The molecule has 0 fully saturated rings. The third-order valence-electron chi connectivity index (χ3n) is 4.03. The summed E-state index contributed by atoms with van der Waals surface area (Å²) in [5.41, 5.74) is 2.12. The summed E-state index contributed by atoms with van der Waals surface area (Å²) < 4.78 is 0. The van der Waals surface area contributed by atoms with Crippen molar-refractivity contribution in [2.45, 2.75) is 30.4 Å². The van der Waals surface area contributed by atoms with Crippen molar-refractivity contribution in [3.63, 3.8) is 0 Å². The van der Waals surface area contributed by atoms with Gasteiger partial charge in [-0.2, -0.15) is 0 Å². The molecule has 1 amide bonds. The molecule has 0 heterocycles. The van der Waals surface area contributed by atoms with Gasteiger partial charge < -0.3 is 5.32 Å². The molecule has 0 saturated heterocycles. The average Bonchev–Trinajstić information content (AvgIpc) is 2.62. The molecule has 0 aliphatic heterocycles. The zero-order valence-corrected chi connectivity index (χ0v) is 14.8. The van der Waals surface area contributed by atoms with Gasteiger partial charge in [0.05, 0.1) is 5.25 Å². The third-order valence-corrected chi connectivity index (χ3v) is 5.13. The fourth-order valence-corrected chi connectivity index (χ4v) is 3.48. The van der Waals surface area contributed by atoms with Crippen molar-refractivity contribution in [1.82, 2.24) is 0 Å². The van der Waals surface area contributed by atoms with Crippen LogP contribution >= 0.6 is 11.8 Å². The van der Waals surface area contributed by atoms with E-state index in [0.717, 1.165) is 17.0 Å². The molecule has 0 bridgehead atoms. The number of thioether (sulfide) groups is 1. The SMILES string of the molecule is CCc1ccc(NC(=O)[C@H](C)Sc2ccc3ccccc3c2)cc1. The molecule has 3 rings (SSSR count). The first kappa shape index (κ1) is 16.6. The number of amides is 1. The van der Waals surface area contributed by atoms with Crippen molar-refractivity contribution >= 4 is 34.1 Å². The van der Waals surface area contributed by atoms with Gasteiger partial charge >= 0.3 is 0 Å². The fourth-order valence-electron chi connectivity index (χ4n) is 2.57. The summed E-state index contributed by atoms with van der Waals surface area (Å²) in [6, 6.07) is 22.6. The lowest BCUT2D eigenvalue weighted by molar-refractivity contribution is -0.115. The second kappa shape index (κ2) is 7.54. The zero-order chi connectivity index (χ0) is 16.9. The topological polar surface area (TPSA) is 29.1 Å². The molecule has 24 heavy (non-hydrogen) atoms. The van der Waals surface area contributed by atoms with Gasteiger partial charge in [0.25, 0.3) is 0 Å². The highest BCUT2D eigenvalue weighted by molar-refractivity contribution is 8.00. The second-order valence-electron chi connectivity index (χ2n) is 5.81. The van der Waals surface area contributed by atoms with Crippen LogP contribution in [0.5, 0.6) is 0 Å². The van der Waals surface area contributed by atoms with Crippen LogP contribution in [0.2, 0.25) is 0 Å². The van der Waals surface area contributed by atoms with Crippen molar-refractivity contribution in [3.8, 4) is 0 Å². The molecule has 0 unspecified atom stereocenters. The van der Waals surface area contributed by atoms with E-state index in [9.17, 15) is 4.79 Å². The molecule has 3 aromatic rings. The number of benzene rings is 3. The van der Waals surface area contributed by atoms with Crippen LogP contribution in [0, 0.1) is 0 Å². The number of hydrogen-bond acceptors (Lipinski definition) is 2. The van der Waals surface area contributed by atoms with E-state index in [1.807, 2.05) is 31.2 Å². The van der Waals surface area contributed by atoms with Crippen LogP contribution in [0.1, 0.15) is 19.4 Å². The van der Waals surface area contributed by atoms with Crippen molar-refractivity contribution in [1.29, 1.82) is 0 Å². The van der Waals surface area contributed by atoms with Crippen LogP contribution in [0.15, 0.2) is 71.6 Å². The Hall–Kier alpha value is -2.26. The molecule has 0 aliphatic rings. The van der Waals surface area contributed by atoms with E-state index in [1.54, 1.807) is 11.8 Å². The molecule has 122 valence electrons. The molecule has 0 aromatic heterocycles. The third kappa shape index (κ3) is 3.98. The molecule has 1 N–H and O–H groups in total. The number of carbonyl (C=O) groups is 1. The van der Waals surface area contributed by atoms with Gasteiger partial charge in [0.2, 0.25) is 5.91 Å². The van der Waals surface area contributed by atoms with Crippen LogP contribution < -0.4 is 5.32 Å². The Labute approximate surface area is 147 Å². The zero-order valence-electron chi connectivity index (χ0n) is 14.0. The van der Waals surface area contributed by atoms with Gasteiger partial charge in [-0.1, -0.05) is 49.4 Å². The minimum Gasteiger partial charge on any atom is -0.325 e. The largest absolute Gasteiger partial charge is 0.325 e. The van der Waals surface area contributed by atoms with Crippen LogP contribution in [0.3, 0.4) is 0 Å². The Morgan fingerprint density at radius 1 is 1.00 bits per heavy atom. The summed E-state index contributed by atoms with van der Waals surface area (Å²) in [5, 5.41) is 5.25. The highest BCUT2D eigenvalue weighted by Crippen LogP contribution is 2.27. The Morgan fingerprint density at radius 2 is 1.71 bits per heavy atom. The minimum absolute atomic E-state index is 0.0254. The molecule has 2 nitrogen and oxygen atoms in total. The molecule has 1 atom stereocenters. The minimum atomic E-state index is -0.156. The van der Waals surface area contributed by atoms with E-state index in [1.165, 1.54) is 16.3 Å². The predicted molar refractivity (Wildman–Crippen MR) is 104 cm³/mol.